The van der Waals surface area contributed by atoms with E-state index < -0.39 is 0 Å². The molecule has 0 saturated carbocycles. The lowest BCUT2D eigenvalue weighted by Crippen LogP contribution is -2.17. The van der Waals surface area contributed by atoms with Gasteiger partial charge in [-0.25, -0.2) is 4.98 Å². The Hall–Kier alpha value is -2.51. The van der Waals surface area contributed by atoms with E-state index in [1.54, 1.807) is 42.2 Å². The number of hydrogen-bond acceptors (Lipinski definition) is 6. The SMILES string of the molecule is CN(C)c1c(Cl)cccc1NC(=O)c1csc(-c2cnccn2)n1. The molecule has 6 nitrogen and oxygen atoms in total. The highest BCUT2D eigenvalue weighted by atomic mass is 35.5. The molecule has 1 N–H and O–H groups in total. The normalized spacial score (nSPS) is 10.5. The lowest BCUT2D eigenvalue weighted by Gasteiger charge is -2.19. The minimum absolute atomic E-state index is 0.299. The number of hydrogen-bond donors (Lipinski definition) is 1. The molecule has 0 spiro atoms. The van der Waals surface area contributed by atoms with Crippen LogP contribution in [-0.2, 0) is 0 Å². The van der Waals surface area contributed by atoms with Crippen LogP contribution in [0.25, 0.3) is 10.7 Å². The van der Waals surface area contributed by atoms with Crippen molar-refractivity contribution in [1.29, 1.82) is 0 Å². The molecule has 0 atom stereocenters. The van der Waals surface area contributed by atoms with Crippen LogP contribution in [0.15, 0.2) is 42.2 Å². The number of carbonyl (C=O) groups is 1. The summed E-state index contributed by atoms with van der Waals surface area (Å²) >= 11 is 7.56. The maximum absolute atomic E-state index is 12.5. The predicted molar refractivity (Wildman–Crippen MR) is 96.9 cm³/mol. The lowest BCUT2D eigenvalue weighted by molar-refractivity contribution is 0.102. The van der Waals surface area contributed by atoms with Crippen LogP contribution in [0.1, 0.15) is 10.5 Å². The second-order valence-electron chi connectivity index (χ2n) is 5.11. The summed E-state index contributed by atoms with van der Waals surface area (Å²) in [6.45, 7) is 0. The summed E-state index contributed by atoms with van der Waals surface area (Å²) in [6, 6.07) is 5.37. The highest BCUT2D eigenvalue weighted by molar-refractivity contribution is 7.13. The Labute approximate surface area is 148 Å². The number of amides is 1. The van der Waals surface area contributed by atoms with Gasteiger partial charge in [-0.2, -0.15) is 0 Å². The fraction of sp³-hybridized carbons (Fsp3) is 0.125. The van der Waals surface area contributed by atoms with Gasteiger partial charge in [0.1, 0.15) is 16.4 Å². The number of aromatic nitrogens is 3. The van der Waals surface area contributed by atoms with Crippen molar-refractivity contribution in [3.05, 3.63) is 52.9 Å². The highest BCUT2D eigenvalue weighted by Gasteiger charge is 2.16. The van der Waals surface area contributed by atoms with Gasteiger partial charge in [-0.15, -0.1) is 11.3 Å². The van der Waals surface area contributed by atoms with Gasteiger partial charge in [0.25, 0.3) is 5.91 Å². The monoisotopic (exact) mass is 359 g/mol. The molecule has 3 aromatic rings. The standard InChI is InChI=1S/C16H14ClN5OS/c1-22(2)14-10(17)4-3-5-11(14)20-15(23)13-9-24-16(21-13)12-8-18-6-7-19-12/h3-9H,1-2H3,(H,20,23). The molecule has 1 aromatic carbocycles. The molecule has 0 aliphatic heterocycles. The summed E-state index contributed by atoms with van der Waals surface area (Å²) in [5.41, 5.74) is 2.34. The van der Waals surface area contributed by atoms with Crippen LogP contribution < -0.4 is 10.2 Å². The topological polar surface area (TPSA) is 71.0 Å². The molecule has 0 aliphatic carbocycles. The van der Waals surface area contributed by atoms with Gasteiger partial charge in [0.15, 0.2) is 0 Å². The Morgan fingerprint density at radius 2 is 2.12 bits per heavy atom. The summed E-state index contributed by atoms with van der Waals surface area (Å²) in [5, 5.41) is 5.76. The molecule has 2 heterocycles. The summed E-state index contributed by atoms with van der Waals surface area (Å²) in [6.07, 6.45) is 4.79. The lowest BCUT2D eigenvalue weighted by atomic mass is 10.2. The number of carbonyl (C=O) groups excluding carboxylic acids is 1. The molecule has 2 aromatic heterocycles. The molecule has 1 amide bonds. The minimum atomic E-state index is -0.299. The third-order valence-corrected chi connectivity index (χ3v) is 4.37. The van der Waals surface area contributed by atoms with Crippen LogP contribution in [0.2, 0.25) is 5.02 Å². The summed E-state index contributed by atoms with van der Waals surface area (Å²) < 4.78 is 0. The average molecular weight is 360 g/mol. The number of para-hydroxylation sites is 1. The largest absolute Gasteiger partial charge is 0.375 e. The quantitative estimate of drug-likeness (QED) is 0.771. The van der Waals surface area contributed by atoms with E-state index >= 15 is 0 Å². The van der Waals surface area contributed by atoms with E-state index in [1.807, 2.05) is 19.0 Å². The first-order chi connectivity index (χ1) is 11.6. The first-order valence-electron chi connectivity index (χ1n) is 7.05. The van der Waals surface area contributed by atoms with E-state index in [9.17, 15) is 4.79 Å². The molecule has 0 radical (unpaired) electrons. The molecule has 0 bridgehead atoms. The highest BCUT2D eigenvalue weighted by Crippen LogP contribution is 2.33. The fourth-order valence-electron chi connectivity index (χ4n) is 2.16. The molecule has 24 heavy (non-hydrogen) atoms. The first-order valence-corrected chi connectivity index (χ1v) is 8.31. The third kappa shape index (κ3) is 3.37. The van der Waals surface area contributed by atoms with Crippen molar-refractivity contribution in [2.24, 2.45) is 0 Å². The zero-order chi connectivity index (χ0) is 17.1. The van der Waals surface area contributed by atoms with Crippen LogP contribution in [-0.4, -0.2) is 35.0 Å². The Balaban J connectivity index is 1.84. The van der Waals surface area contributed by atoms with Gasteiger partial charge in [-0.1, -0.05) is 17.7 Å². The summed E-state index contributed by atoms with van der Waals surface area (Å²) in [7, 11) is 3.73. The molecule has 0 saturated heterocycles. The number of benzene rings is 1. The molecule has 122 valence electrons. The molecule has 3 rings (SSSR count). The molecular formula is C16H14ClN5OS. The van der Waals surface area contributed by atoms with Crippen LogP contribution in [0.4, 0.5) is 11.4 Å². The zero-order valence-electron chi connectivity index (χ0n) is 13.0. The van der Waals surface area contributed by atoms with Crippen molar-refractivity contribution in [3.63, 3.8) is 0 Å². The van der Waals surface area contributed by atoms with E-state index in [-0.39, 0.29) is 5.91 Å². The summed E-state index contributed by atoms with van der Waals surface area (Å²) in [4.78, 5) is 26.9. The second kappa shape index (κ2) is 6.94. The van der Waals surface area contributed by atoms with Crippen LogP contribution >= 0.6 is 22.9 Å². The van der Waals surface area contributed by atoms with E-state index in [2.05, 4.69) is 20.3 Å². The van der Waals surface area contributed by atoms with E-state index in [0.717, 1.165) is 5.69 Å². The van der Waals surface area contributed by atoms with Crippen molar-refractivity contribution in [3.8, 4) is 10.7 Å². The zero-order valence-corrected chi connectivity index (χ0v) is 14.6. The fourth-order valence-corrected chi connectivity index (χ4v) is 3.27. The predicted octanol–water partition coefficient (Wildman–Crippen LogP) is 3.57. The minimum Gasteiger partial charge on any atom is -0.375 e. The average Bonchev–Trinajstić information content (AvgIpc) is 3.05. The van der Waals surface area contributed by atoms with Gasteiger partial charge in [-0.3, -0.25) is 14.8 Å². The molecule has 0 fully saturated rings. The maximum Gasteiger partial charge on any atom is 0.275 e. The number of halogens is 1. The molecule has 0 aliphatic rings. The Bertz CT molecular complexity index is 866. The van der Waals surface area contributed by atoms with Gasteiger partial charge >= 0.3 is 0 Å². The Morgan fingerprint density at radius 3 is 2.83 bits per heavy atom. The van der Waals surface area contributed by atoms with E-state index in [4.69, 9.17) is 11.6 Å². The van der Waals surface area contributed by atoms with Gasteiger partial charge in [0, 0.05) is 31.9 Å². The summed E-state index contributed by atoms with van der Waals surface area (Å²) in [5.74, 6) is -0.299. The van der Waals surface area contributed by atoms with Crippen molar-refractivity contribution in [2.75, 3.05) is 24.3 Å². The van der Waals surface area contributed by atoms with Crippen molar-refractivity contribution in [1.82, 2.24) is 15.0 Å². The molecule has 8 heteroatoms. The van der Waals surface area contributed by atoms with Crippen LogP contribution in [0, 0.1) is 0 Å². The van der Waals surface area contributed by atoms with Gasteiger partial charge in [0.05, 0.1) is 22.6 Å². The van der Waals surface area contributed by atoms with Crippen LogP contribution in [0.5, 0.6) is 0 Å². The number of nitrogens with one attached hydrogen (secondary N) is 1. The van der Waals surface area contributed by atoms with Gasteiger partial charge in [0.2, 0.25) is 0 Å². The smallest absolute Gasteiger partial charge is 0.275 e. The van der Waals surface area contributed by atoms with E-state index in [0.29, 0.717) is 27.1 Å². The number of nitrogens with zero attached hydrogens (tertiary/aromatic N) is 4. The second-order valence-corrected chi connectivity index (χ2v) is 6.38. The van der Waals surface area contributed by atoms with Gasteiger partial charge < -0.3 is 10.2 Å². The maximum atomic E-state index is 12.5. The number of rotatable bonds is 4. The van der Waals surface area contributed by atoms with Gasteiger partial charge in [-0.05, 0) is 12.1 Å². The van der Waals surface area contributed by atoms with Crippen molar-refractivity contribution in [2.45, 2.75) is 0 Å². The Kier molecular flexibility index (Phi) is 4.73. The Morgan fingerprint density at radius 1 is 1.29 bits per heavy atom. The van der Waals surface area contributed by atoms with E-state index in [1.165, 1.54) is 11.3 Å². The molecule has 0 unspecified atom stereocenters. The number of anilines is 2. The first kappa shape index (κ1) is 16.4. The molecular weight excluding hydrogens is 346 g/mol. The van der Waals surface area contributed by atoms with Crippen molar-refractivity contribution >= 4 is 40.2 Å². The number of thiazole rings is 1. The van der Waals surface area contributed by atoms with Crippen molar-refractivity contribution < 1.29 is 4.79 Å². The third-order valence-electron chi connectivity index (χ3n) is 3.20. The van der Waals surface area contributed by atoms with Crippen LogP contribution in [0.3, 0.4) is 0 Å².